The molecule has 0 saturated carbocycles. The zero-order valence-corrected chi connectivity index (χ0v) is 15.5. The third kappa shape index (κ3) is 3.88. The zero-order valence-electron chi connectivity index (χ0n) is 15.5. The number of halogens is 1. The van der Waals surface area contributed by atoms with E-state index < -0.39 is 17.4 Å². The summed E-state index contributed by atoms with van der Waals surface area (Å²) in [5.41, 5.74) is -0.0621. The van der Waals surface area contributed by atoms with Crippen LogP contribution < -0.4 is 0 Å². The highest BCUT2D eigenvalue weighted by Gasteiger charge is 2.55. The second kappa shape index (κ2) is 7.76. The second-order valence-corrected chi connectivity index (χ2v) is 7.53. The van der Waals surface area contributed by atoms with Gasteiger partial charge in [0, 0.05) is 38.5 Å². The number of likely N-dealkylation sites (tertiary alicyclic amines) is 2. The van der Waals surface area contributed by atoms with Crippen LogP contribution in [0.5, 0.6) is 0 Å². The van der Waals surface area contributed by atoms with Crippen LogP contribution in [0.15, 0.2) is 24.3 Å². The molecule has 2 fully saturated rings. The molecule has 146 valence electrons. The van der Waals surface area contributed by atoms with Crippen molar-refractivity contribution in [2.75, 3.05) is 26.7 Å². The van der Waals surface area contributed by atoms with Crippen molar-refractivity contribution in [2.45, 2.75) is 37.6 Å². The monoisotopic (exact) mass is 376 g/mol. The summed E-state index contributed by atoms with van der Waals surface area (Å²) in [7, 11) is 1.71. The maximum absolute atomic E-state index is 12.9. The number of nitrogens with zero attached hydrogens (tertiary/aromatic N) is 2. The average Bonchev–Trinajstić information content (AvgIpc) is 2.89. The molecule has 0 aliphatic carbocycles. The molecule has 2 heterocycles. The molecule has 2 saturated heterocycles. The fraction of sp³-hybridized carbons (Fsp3) is 0.550. The van der Waals surface area contributed by atoms with E-state index in [1.807, 2.05) is 0 Å². The molecular formula is C20H25FN2O4. The van der Waals surface area contributed by atoms with Gasteiger partial charge in [-0.1, -0.05) is 0 Å². The van der Waals surface area contributed by atoms with Crippen molar-refractivity contribution in [1.82, 2.24) is 9.80 Å². The molecule has 1 atom stereocenters. The van der Waals surface area contributed by atoms with Gasteiger partial charge in [-0.05, 0) is 50.1 Å². The molecule has 0 unspecified atom stereocenters. The minimum Gasteiger partial charge on any atom is -0.481 e. The molecule has 1 amide bonds. The van der Waals surface area contributed by atoms with E-state index in [9.17, 15) is 23.9 Å². The molecule has 6 nitrogen and oxygen atoms in total. The number of Topliss-reactive ketones (excluding diaryl/α,β-unsaturated/α-hetero) is 1. The first-order chi connectivity index (χ1) is 12.8. The number of piperidine rings is 1. The van der Waals surface area contributed by atoms with Gasteiger partial charge in [-0.3, -0.25) is 14.4 Å². The quantitative estimate of drug-likeness (QED) is 0.770. The molecular weight excluding hydrogens is 351 g/mol. The highest BCUT2D eigenvalue weighted by molar-refractivity contribution is 5.96. The van der Waals surface area contributed by atoms with E-state index in [0.29, 0.717) is 44.3 Å². The highest BCUT2D eigenvalue weighted by atomic mass is 19.1. The number of carbonyl (C=O) groups is 3. The Balaban J connectivity index is 1.49. The summed E-state index contributed by atoms with van der Waals surface area (Å²) in [6.07, 6.45) is 2.44. The SMILES string of the molecule is CN1C(=O)C[C@H](C(=O)O)C12CCN(CCCC(=O)c1ccc(F)cc1)CC2. The normalized spacial score (nSPS) is 22.4. The van der Waals surface area contributed by atoms with Crippen molar-refractivity contribution in [1.29, 1.82) is 0 Å². The van der Waals surface area contributed by atoms with Gasteiger partial charge in [-0.25, -0.2) is 4.39 Å². The van der Waals surface area contributed by atoms with Crippen LogP contribution in [-0.2, 0) is 9.59 Å². The van der Waals surface area contributed by atoms with Gasteiger partial charge in [0.05, 0.1) is 11.5 Å². The van der Waals surface area contributed by atoms with Crippen molar-refractivity contribution in [3.63, 3.8) is 0 Å². The number of carboxylic acids is 1. The van der Waals surface area contributed by atoms with Crippen molar-refractivity contribution in [3.8, 4) is 0 Å². The van der Waals surface area contributed by atoms with Gasteiger partial charge in [0.2, 0.25) is 5.91 Å². The molecule has 1 spiro atoms. The number of hydrogen-bond donors (Lipinski definition) is 1. The smallest absolute Gasteiger partial charge is 0.309 e. The van der Waals surface area contributed by atoms with E-state index in [2.05, 4.69) is 4.90 Å². The van der Waals surface area contributed by atoms with Crippen LogP contribution in [0.3, 0.4) is 0 Å². The van der Waals surface area contributed by atoms with E-state index in [4.69, 9.17) is 0 Å². The highest BCUT2D eigenvalue weighted by Crippen LogP contribution is 2.42. The summed E-state index contributed by atoms with van der Waals surface area (Å²) >= 11 is 0. The fourth-order valence-corrected chi connectivity index (χ4v) is 4.39. The summed E-state index contributed by atoms with van der Waals surface area (Å²) in [5, 5.41) is 9.51. The van der Waals surface area contributed by atoms with E-state index in [1.54, 1.807) is 11.9 Å². The largest absolute Gasteiger partial charge is 0.481 e. The lowest BCUT2D eigenvalue weighted by molar-refractivity contribution is -0.146. The lowest BCUT2D eigenvalue weighted by Crippen LogP contribution is -2.56. The Kier molecular flexibility index (Phi) is 5.60. The number of carbonyl (C=O) groups excluding carboxylic acids is 2. The molecule has 0 bridgehead atoms. The first-order valence-electron chi connectivity index (χ1n) is 9.34. The molecule has 27 heavy (non-hydrogen) atoms. The lowest BCUT2D eigenvalue weighted by Gasteiger charge is -2.45. The van der Waals surface area contributed by atoms with E-state index in [1.165, 1.54) is 24.3 Å². The Morgan fingerprint density at radius 1 is 1.22 bits per heavy atom. The second-order valence-electron chi connectivity index (χ2n) is 7.53. The molecule has 1 N–H and O–H groups in total. The van der Waals surface area contributed by atoms with Crippen LogP contribution in [0.25, 0.3) is 0 Å². The minimum atomic E-state index is -0.897. The van der Waals surface area contributed by atoms with Gasteiger partial charge in [0.1, 0.15) is 5.82 Å². The van der Waals surface area contributed by atoms with Crippen LogP contribution in [-0.4, -0.2) is 64.8 Å². The van der Waals surface area contributed by atoms with Crippen molar-refractivity contribution >= 4 is 17.7 Å². The number of benzene rings is 1. The number of ketones is 1. The molecule has 0 aromatic heterocycles. The van der Waals surface area contributed by atoms with Crippen LogP contribution in [0, 0.1) is 11.7 Å². The van der Waals surface area contributed by atoms with Crippen molar-refractivity contribution < 1.29 is 23.9 Å². The summed E-state index contributed by atoms with van der Waals surface area (Å²) < 4.78 is 12.9. The average molecular weight is 376 g/mol. The Hall–Kier alpha value is -2.28. The molecule has 0 radical (unpaired) electrons. The molecule has 3 rings (SSSR count). The molecule has 2 aliphatic heterocycles. The summed E-state index contributed by atoms with van der Waals surface area (Å²) in [5.74, 6) is -2.00. The standard InChI is InChI=1S/C20H25FN2O4/c1-22-18(25)13-16(19(26)27)20(22)8-11-23(12-9-20)10-2-3-17(24)14-4-6-15(21)7-5-14/h4-7,16H,2-3,8-13H2,1H3,(H,26,27)/t16-/m1/s1. The van der Waals surface area contributed by atoms with Gasteiger partial charge in [0.15, 0.2) is 5.78 Å². The van der Waals surface area contributed by atoms with E-state index in [-0.39, 0.29) is 23.9 Å². The van der Waals surface area contributed by atoms with Gasteiger partial charge >= 0.3 is 5.97 Å². The van der Waals surface area contributed by atoms with Crippen LogP contribution >= 0.6 is 0 Å². The summed E-state index contributed by atoms with van der Waals surface area (Å²) in [6, 6.07) is 5.58. The van der Waals surface area contributed by atoms with Gasteiger partial charge in [0.25, 0.3) is 0 Å². The topological polar surface area (TPSA) is 77.9 Å². The minimum absolute atomic E-state index is 0.00413. The first-order valence-corrected chi connectivity index (χ1v) is 9.34. The number of hydrogen-bond acceptors (Lipinski definition) is 4. The first kappa shape index (κ1) is 19.5. The molecule has 1 aromatic carbocycles. The number of aliphatic carboxylic acids is 1. The maximum Gasteiger partial charge on any atom is 0.309 e. The number of amides is 1. The fourth-order valence-electron chi connectivity index (χ4n) is 4.39. The van der Waals surface area contributed by atoms with Crippen molar-refractivity contribution in [2.24, 2.45) is 5.92 Å². The van der Waals surface area contributed by atoms with Gasteiger partial charge < -0.3 is 14.9 Å². The van der Waals surface area contributed by atoms with Crippen LogP contribution in [0.4, 0.5) is 4.39 Å². The van der Waals surface area contributed by atoms with E-state index in [0.717, 1.165) is 6.54 Å². The van der Waals surface area contributed by atoms with Crippen LogP contribution in [0.1, 0.15) is 42.5 Å². The van der Waals surface area contributed by atoms with Crippen LogP contribution in [0.2, 0.25) is 0 Å². The predicted octanol–water partition coefficient (Wildman–Crippen LogP) is 2.19. The lowest BCUT2D eigenvalue weighted by atomic mass is 9.77. The Labute approximate surface area is 157 Å². The van der Waals surface area contributed by atoms with Gasteiger partial charge in [-0.2, -0.15) is 0 Å². The number of carboxylic acid groups (broad SMARTS) is 1. The Morgan fingerprint density at radius 2 is 1.85 bits per heavy atom. The molecule has 1 aromatic rings. The van der Waals surface area contributed by atoms with E-state index >= 15 is 0 Å². The van der Waals surface area contributed by atoms with Gasteiger partial charge in [-0.15, -0.1) is 0 Å². The summed E-state index contributed by atoms with van der Waals surface area (Å²) in [6.45, 7) is 2.18. The third-order valence-electron chi connectivity index (χ3n) is 6.13. The Morgan fingerprint density at radius 3 is 2.44 bits per heavy atom. The molecule has 7 heteroatoms. The maximum atomic E-state index is 12.9. The Bertz CT molecular complexity index is 726. The predicted molar refractivity (Wildman–Crippen MR) is 96.9 cm³/mol. The zero-order chi connectivity index (χ0) is 19.6. The summed E-state index contributed by atoms with van der Waals surface area (Å²) in [4.78, 5) is 39.6. The molecule has 2 aliphatic rings. The number of rotatable bonds is 6. The third-order valence-corrected chi connectivity index (χ3v) is 6.13. The van der Waals surface area contributed by atoms with Crippen molar-refractivity contribution in [3.05, 3.63) is 35.6 Å².